The second kappa shape index (κ2) is 5.96. The number of benzene rings is 1. The lowest BCUT2D eigenvalue weighted by Gasteiger charge is -2.29. The van der Waals surface area contributed by atoms with Gasteiger partial charge < -0.3 is 10.1 Å². The molecule has 1 heterocycles. The van der Waals surface area contributed by atoms with E-state index in [1.165, 1.54) is 37.8 Å². The maximum absolute atomic E-state index is 5.73. The number of ether oxygens (including phenoxy) is 1. The van der Waals surface area contributed by atoms with Gasteiger partial charge in [0, 0.05) is 18.0 Å². The Kier molecular flexibility index (Phi) is 4.07. The number of nitrogens with one attached hydrogen (secondary N) is 1. The summed E-state index contributed by atoms with van der Waals surface area (Å²) < 4.78 is 5.73. The van der Waals surface area contributed by atoms with Gasteiger partial charge in [0.2, 0.25) is 0 Å². The number of para-hydroxylation sites is 1. The molecule has 1 aromatic carbocycles. The predicted octanol–water partition coefficient (Wildman–Crippen LogP) is 3.58. The number of hydrogen-bond acceptors (Lipinski definition) is 2. The third-order valence-corrected chi connectivity index (χ3v) is 4.89. The van der Waals surface area contributed by atoms with Crippen molar-refractivity contribution in [2.24, 2.45) is 11.8 Å². The van der Waals surface area contributed by atoms with Crippen molar-refractivity contribution in [2.45, 2.75) is 38.5 Å². The van der Waals surface area contributed by atoms with Gasteiger partial charge in [0.05, 0.1) is 6.61 Å². The number of rotatable bonds is 4. The number of hydrogen-bond donors (Lipinski definition) is 1. The van der Waals surface area contributed by atoms with Gasteiger partial charge >= 0.3 is 0 Å². The molecular formula is C17H25NO. The van der Waals surface area contributed by atoms with Gasteiger partial charge in [0.15, 0.2) is 0 Å². The van der Waals surface area contributed by atoms with Gasteiger partial charge in [-0.1, -0.05) is 44.4 Å². The summed E-state index contributed by atoms with van der Waals surface area (Å²) in [7, 11) is 0. The Balaban J connectivity index is 1.48. The zero-order valence-electron chi connectivity index (χ0n) is 11.9. The zero-order valence-corrected chi connectivity index (χ0v) is 11.9. The van der Waals surface area contributed by atoms with E-state index in [9.17, 15) is 0 Å². The van der Waals surface area contributed by atoms with E-state index in [2.05, 4.69) is 36.5 Å². The molecule has 0 radical (unpaired) electrons. The molecule has 19 heavy (non-hydrogen) atoms. The van der Waals surface area contributed by atoms with Crippen LogP contribution in [0.25, 0.3) is 0 Å². The predicted molar refractivity (Wildman–Crippen MR) is 78.7 cm³/mol. The van der Waals surface area contributed by atoms with E-state index < -0.39 is 0 Å². The average molecular weight is 259 g/mol. The second-order valence-corrected chi connectivity index (χ2v) is 6.23. The molecule has 1 aliphatic carbocycles. The SMILES string of the molecule is CC1CCCCC1CNCC1COc2ccccc21. The molecular weight excluding hydrogens is 234 g/mol. The van der Waals surface area contributed by atoms with Gasteiger partial charge in [-0.15, -0.1) is 0 Å². The second-order valence-electron chi connectivity index (χ2n) is 6.23. The van der Waals surface area contributed by atoms with Gasteiger partial charge in [-0.25, -0.2) is 0 Å². The van der Waals surface area contributed by atoms with Crippen LogP contribution in [0.4, 0.5) is 0 Å². The van der Waals surface area contributed by atoms with Crippen molar-refractivity contribution in [1.29, 1.82) is 0 Å². The van der Waals surface area contributed by atoms with Gasteiger partial charge in [-0.3, -0.25) is 0 Å². The standard InChI is InChI=1S/C17H25NO/c1-13-6-2-3-7-14(13)10-18-11-15-12-19-17-9-5-4-8-16(15)17/h4-5,8-9,13-15,18H,2-3,6-7,10-12H2,1H3. The lowest BCUT2D eigenvalue weighted by Crippen LogP contribution is -2.32. The fourth-order valence-electron chi connectivity index (χ4n) is 3.54. The molecule has 3 atom stereocenters. The topological polar surface area (TPSA) is 21.3 Å². The average Bonchev–Trinajstić information content (AvgIpc) is 2.85. The highest BCUT2D eigenvalue weighted by molar-refractivity contribution is 5.39. The van der Waals surface area contributed by atoms with Gasteiger partial charge in [-0.05, 0) is 30.9 Å². The Bertz CT molecular complexity index is 417. The monoisotopic (exact) mass is 259 g/mol. The Labute approximate surface area is 116 Å². The van der Waals surface area contributed by atoms with E-state index in [4.69, 9.17) is 4.74 Å². The summed E-state index contributed by atoms with van der Waals surface area (Å²) in [6.45, 7) is 5.49. The first-order chi connectivity index (χ1) is 9.34. The first-order valence-electron chi connectivity index (χ1n) is 7.77. The van der Waals surface area contributed by atoms with Crippen molar-refractivity contribution in [1.82, 2.24) is 5.32 Å². The Hall–Kier alpha value is -1.02. The molecule has 0 aromatic heterocycles. The minimum absolute atomic E-state index is 0.537. The van der Waals surface area contributed by atoms with E-state index in [0.29, 0.717) is 5.92 Å². The van der Waals surface area contributed by atoms with Crippen molar-refractivity contribution in [3.05, 3.63) is 29.8 Å². The molecule has 2 heteroatoms. The molecule has 2 aliphatic rings. The van der Waals surface area contributed by atoms with Crippen LogP contribution in [0.1, 0.15) is 44.1 Å². The van der Waals surface area contributed by atoms with Crippen LogP contribution in [0.3, 0.4) is 0 Å². The molecule has 0 amide bonds. The van der Waals surface area contributed by atoms with Crippen LogP contribution in [0.2, 0.25) is 0 Å². The van der Waals surface area contributed by atoms with Gasteiger partial charge in [0.1, 0.15) is 5.75 Å². The molecule has 1 fully saturated rings. The normalized spacial score (nSPS) is 29.8. The van der Waals surface area contributed by atoms with Crippen molar-refractivity contribution < 1.29 is 4.74 Å². The van der Waals surface area contributed by atoms with Gasteiger partial charge in [-0.2, -0.15) is 0 Å². The van der Waals surface area contributed by atoms with E-state index >= 15 is 0 Å². The maximum Gasteiger partial charge on any atom is 0.122 e. The summed E-state index contributed by atoms with van der Waals surface area (Å²) in [5.41, 5.74) is 1.38. The highest BCUT2D eigenvalue weighted by Gasteiger charge is 2.25. The Morgan fingerprint density at radius 2 is 2.00 bits per heavy atom. The van der Waals surface area contributed by atoms with Crippen LogP contribution in [-0.2, 0) is 0 Å². The molecule has 104 valence electrons. The third-order valence-electron chi connectivity index (χ3n) is 4.89. The molecule has 1 aromatic rings. The summed E-state index contributed by atoms with van der Waals surface area (Å²) >= 11 is 0. The van der Waals surface area contributed by atoms with E-state index in [0.717, 1.165) is 30.7 Å². The quantitative estimate of drug-likeness (QED) is 0.892. The smallest absolute Gasteiger partial charge is 0.122 e. The number of fused-ring (bicyclic) bond motifs is 1. The van der Waals surface area contributed by atoms with Crippen LogP contribution in [0.15, 0.2) is 24.3 Å². The summed E-state index contributed by atoms with van der Waals surface area (Å²) in [5.74, 6) is 3.40. The third kappa shape index (κ3) is 2.94. The van der Waals surface area contributed by atoms with E-state index in [-0.39, 0.29) is 0 Å². The van der Waals surface area contributed by atoms with Gasteiger partial charge in [0.25, 0.3) is 0 Å². The van der Waals surface area contributed by atoms with Crippen molar-refractivity contribution >= 4 is 0 Å². The summed E-state index contributed by atoms with van der Waals surface area (Å²) in [5, 5.41) is 3.69. The van der Waals surface area contributed by atoms with Crippen molar-refractivity contribution in [3.63, 3.8) is 0 Å². The fourth-order valence-corrected chi connectivity index (χ4v) is 3.54. The molecule has 3 unspecified atom stereocenters. The minimum Gasteiger partial charge on any atom is -0.493 e. The lowest BCUT2D eigenvalue weighted by molar-refractivity contribution is 0.244. The molecule has 1 saturated carbocycles. The first-order valence-corrected chi connectivity index (χ1v) is 7.77. The summed E-state index contributed by atoms with van der Waals surface area (Å²) in [4.78, 5) is 0. The molecule has 1 aliphatic heterocycles. The fraction of sp³-hybridized carbons (Fsp3) is 0.647. The Morgan fingerprint density at radius 1 is 1.16 bits per heavy atom. The highest BCUT2D eigenvalue weighted by Crippen LogP contribution is 2.33. The zero-order chi connectivity index (χ0) is 13.1. The summed E-state index contributed by atoms with van der Waals surface area (Å²) in [6.07, 6.45) is 5.68. The molecule has 0 saturated heterocycles. The van der Waals surface area contributed by atoms with Crippen molar-refractivity contribution in [3.8, 4) is 5.75 Å². The Morgan fingerprint density at radius 3 is 2.89 bits per heavy atom. The molecule has 1 N–H and O–H groups in total. The van der Waals surface area contributed by atoms with E-state index in [1.54, 1.807) is 0 Å². The van der Waals surface area contributed by atoms with Crippen LogP contribution >= 0.6 is 0 Å². The molecule has 0 spiro atoms. The molecule has 0 bridgehead atoms. The maximum atomic E-state index is 5.73. The van der Waals surface area contributed by atoms with Crippen LogP contribution in [-0.4, -0.2) is 19.7 Å². The summed E-state index contributed by atoms with van der Waals surface area (Å²) in [6, 6.07) is 8.46. The largest absolute Gasteiger partial charge is 0.493 e. The molecule has 2 nitrogen and oxygen atoms in total. The first kappa shape index (κ1) is 13.0. The lowest BCUT2D eigenvalue weighted by atomic mass is 9.80. The molecule has 3 rings (SSSR count). The minimum atomic E-state index is 0.537. The van der Waals surface area contributed by atoms with E-state index in [1.807, 2.05) is 0 Å². The van der Waals surface area contributed by atoms with Crippen LogP contribution < -0.4 is 10.1 Å². The van der Waals surface area contributed by atoms with Crippen LogP contribution in [0.5, 0.6) is 5.75 Å². The van der Waals surface area contributed by atoms with Crippen molar-refractivity contribution in [2.75, 3.05) is 19.7 Å². The highest BCUT2D eigenvalue weighted by atomic mass is 16.5. The van der Waals surface area contributed by atoms with Crippen LogP contribution in [0, 0.1) is 11.8 Å².